The summed E-state index contributed by atoms with van der Waals surface area (Å²) in [6.07, 6.45) is -2.26. The average Bonchev–Trinajstić information content (AvgIpc) is 2.20. The predicted molar refractivity (Wildman–Crippen MR) is 57.5 cm³/mol. The van der Waals surface area contributed by atoms with Crippen LogP contribution in [0.5, 0.6) is 5.75 Å². The first-order valence-corrected chi connectivity index (χ1v) is 5.30. The number of para-hydroxylation sites is 1. The Bertz CT molecular complexity index is 319. The van der Waals surface area contributed by atoms with Crippen LogP contribution in [0.25, 0.3) is 0 Å². The lowest BCUT2D eigenvalue weighted by molar-refractivity contribution is 0.0312. The molecule has 0 amide bonds. The molecule has 14 heavy (non-hydrogen) atoms. The van der Waals surface area contributed by atoms with E-state index in [1.807, 2.05) is 0 Å². The van der Waals surface area contributed by atoms with Crippen molar-refractivity contribution in [2.75, 3.05) is 5.88 Å². The van der Waals surface area contributed by atoms with E-state index in [0.29, 0.717) is 4.47 Å². The quantitative estimate of drug-likeness (QED) is 0.740. The van der Waals surface area contributed by atoms with Crippen LogP contribution in [0.3, 0.4) is 0 Å². The van der Waals surface area contributed by atoms with Crippen molar-refractivity contribution in [2.24, 2.45) is 0 Å². The van der Waals surface area contributed by atoms with Gasteiger partial charge in [0.2, 0.25) is 0 Å². The Kier molecular flexibility index (Phi) is 4.19. The lowest BCUT2D eigenvalue weighted by Crippen LogP contribution is -2.19. The summed E-state index contributed by atoms with van der Waals surface area (Å²) in [6, 6.07) is 4.82. The number of benzene rings is 1. The van der Waals surface area contributed by atoms with Gasteiger partial charge in [-0.25, -0.2) is 0 Å². The lowest BCUT2D eigenvalue weighted by Gasteiger charge is -2.17. The minimum Gasteiger partial charge on any atom is -0.506 e. The van der Waals surface area contributed by atoms with Crippen molar-refractivity contribution in [3.8, 4) is 5.75 Å². The number of alkyl halides is 1. The van der Waals surface area contributed by atoms with Gasteiger partial charge in [0.25, 0.3) is 0 Å². The fourth-order valence-corrected chi connectivity index (χ4v) is 1.61. The van der Waals surface area contributed by atoms with Crippen LogP contribution in [0.4, 0.5) is 0 Å². The number of hydrogen-bond donors (Lipinski definition) is 3. The minimum absolute atomic E-state index is 0.0795. The van der Waals surface area contributed by atoms with Crippen molar-refractivity contribution in [2.45, 2.75) is 12.2 Å². The summed E-state index contributed by atoms with van der Waals surface area (Å²) in [5.74, 6) is -0.170. The van der Waals surface area contributed by atoms with Crippen molar-refractivity contribution in [1.82, 2.24) is 0 Å². The van der Waals surface area contributed by atoms with E-state index in [1.165, 1.54) is 6.07 Å². The highest BCUT2D eigenvalue weighted by Gasteiger charge is 2.21. The molecule has 0 aliphatic heterocycles. The highest BCUT2D eigenvalue weighted by molar-refractivity contribution is 9.10. The van der Waals surface area contributed by atoms with E-state index >= 15 is 0 Å². The number of phenolic OH excluding ortho intramolecular Hbond substituents is 1. The standard InChI is InChI=1S/C9H10BrClO3/c10-6-3-1-2-5(8(6)13)9(14)7(12)4-11/h1-3,7,9,12-14H,4H2. The van der Waals surface area contributed by atoms with Crippen molar-refractivity contribution in [1.29, 1.82) is 0 Å². The second kappa shape index (κ2) is 4.98. The molecule has 1 aromatic rings. The molecule has 2 atom stereocenters. The highest BCUT2D eigenvalue weighted by atomic mass is 79.9. The first-order chi connectivity index (χ1) is 6.57. The summed E-state index contributed by atoms with van der Waals surface area (Å²) in [7, 11) is 0. The highest BCUT2D eigenvalue weighted by Crippen LogP contribution is 2.33. The van der Waals surface area contributed by atoms with Crippen LogP contribution in [0.1, 0.15) is 11.7 Å². The van der Waals surface area contributed by atoms with Gasteiger partial charge in [0, 0.05) is 5.56 Å². The number of aliphatic hydroxyl groups excluding tert-OH is 2. The zero-order chi connectivity index (χ0) is 10.7. The van der Waals surface area contributed by atoms with E-state index in [9.17, 15) is 15.3 Å². The van der Waals surface area contributed by atoms with Crippen LogP contribution in [-0.4, -0.2) is 27.3 Å². The molecule has 0 saturated carbocycles. The molecule has 3 nitrogen and oxygen atoms in total. The Morgan fingerprint density at radius 2 is 2.00 bits per heavy atom. The van der Waals surface area contributed by atoms with Gasteiger partial charge >= 0.3 is 0 Å². The van der Waals surface area contributed by atoms with Gasteiger partial charge in [-0.2, -0.15) is 0 Å². The third-order valence-corrected chi connectivity index (χ3v) is 2.82. The van der Waals surface area contributed by atoms with Crippen LogP contribution >= 0.6 is 27.5 Å². The minimum atomic E-state index is -1.18. The number of aromatic hydroxyl groups is 1. The molecule has 0 fully saturated rings. The molecule has 0 radical (unpaired) electrons. The van der Waals surface area contributed by atoms with Crippen LogP contribution in [0.2, 0.25) is 0 Å². The molecule has 1 aromatic carbocycles. The molecule has 0 bridgehead atoms. The zero-order valence-electron chi connectivity index (χ0n) is 7.19. The topological polar surface area (TPSA) is 60.7 Å². The monoisotopic (exact) mass is 280 g/mol. The largest absolute Gasteiger partial charge is 0.506 e. The van der Waals surface area contributed by atoms with E-state index in [0.717, 1.165) is 0 Å². The van der Waals surface area contributed by atoms with Gasteiger partial charge in [-0.05, 0) is 22.0 Å². The predicted octanol–water partition coefficient (Wildman–Crippen LogP) is 1.79. The van der Waals surface area contributed by atoms with Crippen molar-refractivity contribution < 1.29 is 15.3 Å². The second-order valence-corrected chi connectivity index (χ2v) is 4.01. The Balaban J connectivity index is 3.01. The Morgan fingerprint density at radius 1 is 1.36 bits per heavy atom. The zero-order valence-corrected chi connectivity index (χ0v) is 9.53. The maximum atomic E-state index is 9.58. The first-order valence-electron chi connectivity index (χ1n) is 3.97. The molecule has 0 aliphatic rings. The molecule has 0 heterocycles. The van der Waals surface area contributed by atoms with Gasteiger partial charge in [0.1, 0.15) is 11.9 Å². The molecule has 0 saturated heterocycles. The van der Waals surface area contributed by atoms with Gasteiger partial charge in [0.05, 0.1) is 16.5 Å². The number of aliphatic hydroxyl groups is 2. The van der Waals surface area contributed by atoms with Crippen molar-refractivity contribution in [3.63, 3.8) is 0 Å². The summed E-state index contributed by atoms with van der Waals surface area (Å²) in [5.41, 5.74) is 0.257. The molecule has 0 spiro atoms. The molecule has 1 rings (SSSR count). The fourth-order valence-electron chi connectivity index (χ4n) is 1.06. The van der Waals surface area contributed by atoms with Crippen molar-refractivity contribution in [3.05, 3.63) is 28.2 Å². The van der Waals surface area contributed by atoms with E-state index in [4.69, 9.17) is 11.6 Å². The summed E-state index contributed by atoms with van der Waals surface area (Å²) >= 11 is 8.50. The van der Waals surface area contributed by atoms with Gasteiger partial charge < -0.3 is 15.3 Å². The van der Waals surface area contributed by atoms with Gasteiger partial charge in [-0.1, -0.05) is 12.1 Å². The van der Waals surface area contributed by atoms with Gasteiger partial charge in [-0.15, -0.1) is 11.6 Å². The molecular formula is C9H10BrClO3. The van der Waals surface area contributed by atoms with E-state index in [1.54, 1.807) is 12.1 Å². The van der Waals surface area contributed by atoms with Crippen LogP contribution in [0, 0.1) is 0 Å². The van der Waals surface area contributed by atoms with Crippen LogP contribution in [-0.2, 0) is 0 Å². The maximum Gasteiger partial charge on any atom is 0.135 e. The van der Waals surface area contributed by atoms with Crippen LogP contribution in [0.15, 0.2) is 22.7 Å². The number of halogens is 2. The summed E-state index contributed by atoms with van der Waals surface area (Å²) in [4.78, 5) is 0. The van der Waals surface area contributed by atoms with Crippen LogP contribution < -0.4 is 0 Å². The van der Waals surface area contributed by atoms with Crippen molar-refractivity contribution >= 4 is 27.5 Å². The Hall–Kier alpha value is -0.290. The lowest BCUT2D eigenvalue weighted by atomic mass is 10.0. The third kappa shape index (κ3) is 2.39. The molecule has 0 aliphatic carbocycles. The fraction of sp³-hybridized carbons (Fsp3) is 0.333. The SMILES string of the molecule is Oc1c(Br)cccc1C(O)C(O)CCl. The summed E-state index contributed by atoms with van der Waals surface area (Å²) in [6.45, 7) is 0. The molecular weight excluding hydrogens is 271 g/mol. The van der Waals surface area contributed by atoms with Gasteiger partial charge in [-0.3, -0.25) is 0 Å². The normalized spacial score (nSPS) is 15.1. The maximum absolute atomic E-state index is 9.58. The van der Waals surface area contributed by atoms with E-state index in [-0.39, 0.29) is 17.2 Å². The molecule has 3 N–H and O–H groups in total. The smallest absolute Gasteiger partial charge is 0.135 e. The summed E-state index contributed by atoms with van der Waals surface area (Å²) < 4.78 is 0.468. The van der Waals surface area contributed by atoms with E-state index < -0.39 is 12.2 Å². The number of hydrogen-bond acceptors (Lipinski definition) is 3. The number of phenols is 1. The molecule has 2 unspecified atom stereocenters. The number of rotatable bonds is 3. The summed E-state index contributed by atoms with van der Waals surface area (Å²) in [5, 5.41) is 28.4. The first kappa shape index (κ1) is 11.8. The van der Waals surface area contributed by atoms with E-state index in [2.05, 4.69) is 15.9 Å². The van der Waals surface area contributed by atoms with Gasteiger partial charge in [0.15, 0.2) is 0 Å². The Labute approximate surface area is 95.1 Å². The average molecular weight is 282 g/mol. The molecule has 78 valence electrons. The Morgan fingerprint density at radius 3 is 2.57 bits per heavy atom. The molecule has 5 heteroatoms. The molecule has 0 aromatic heterocycles. The third-order valence-electron chi connectivity index (χ3n) is 1.86. The second-order valence-electron chi connectivity index (χ2n) is 2.84.